The zero-order chi connectivity index (χ0) is 16.2. The van der Waals surface area contributed by atoms with Crippen molar-refractivity contribution in [1.82, 2.24) is 15.3 Å². The molecular formula is C16H17F3N4. The molecule has 0 saturated carbocycles. The maximum absolute atomic E-state index is 13.7. The van der Waals surface area contributed by atoms with Gasteiger partial charge < -0.3 is 10.2 Å². The van der Waals surface area contributed by atoms with Crippen LogP contribution >= 0.6 is 0 Å². The molecular weight excluding hydrogens is 305 g/mol. The van der Waals surface area contributed by atoms with Crippen LogP contribution in [0.15, 0.2) is 30.6 Å². The fourth-order valence-corrected chi connectivity index (χ4v) is 2.76. The Morgan fingerprint density at radius 2 is 1.87 bits per heavy atom. The van der Waals surface area contributed by atoms with Gasteiger partial charge in [0.05, 0.1) is 0 Å². The smallest absolute Gasteiger partial charge is 0.225 e. The fraction of sp³-hybridized carbons (Fsp3) is 0.375. The molecule has 0 radical (unpaired) electrons. The molecule has 0 amide bonds. The summed E-state index contributed by atoms with van der Waals surface area (Å²) in [4.78, 5) is 10.5. The van der Waals surface area contributed by atoms with E-state index in [0.717, 1.165) is 31.5 Å². The summed E-state index contributed by atoms with van der Waals surface area (Å²) in [5.41, 5.74) is -0.266. The number of hydrogen-bond acceptors (Lipinski definition) is 4. The average Bonchev–Trinajstić information content (AvgIpc) is 2.59. The maximum Gasteiger partial charge on any atom is 0.225 e. The van der Waals surface area contributed by atoms with Gasteiger partial charge in [-0.2, -0.15) is 0 Å². The second-order valence-electron chi connectivity index (χ2n) is 5.54. The van der Waals surface area contributed by atoms with Crippen LogP contribution in [0.2, 0.25) is 0 Å². The van der Waals surface area contributed by atoms with Crippen molar-refractivity contribution < 1.29 is 13.2 Å². The number of aromatic nitrogens is 2. The molecule has 1 aromatic heterocycles. The highest BCUT2D eigenvalue weighted by Crippen LogP contribution is 2.18. The summed E-state index contributed by atoms with van der Waals surface area (Å²) in [6, 6.07) is 3.53. The molecule has 2 aromatic rings. The van der Waals surface area contributed by atoms with Gasteiger partial charge in [-0.05, 0) is 31.0 Å². The van der Waals surface area contributed by atoms with E-state index in [1.165, 1.54) is 0 Å². The number of rotatable bonds is 4. The Morgan fingerprint density at radius 3 is 2.65 bits per heavy atom. The molecule has 1 unspecified atom stereocenters. The van der Waals surface area contributed by atoms with Crippen LogP contribution in [0.5, 0.6) is 0 Å². The zero-order valence-corrected chi connectivity index (χ0v) is 12.5. The fourth-order valence-electron chi connectivity index (χ4n) is 2.76. The molecule has 1 saturated heterocycles. The molecule has 1 aliphatic rings. The lowest BCUT2D eigenvalue weighted by Crippen LogP contribution is -2.46. The number of anilines is 1. The van der Waals surface area contributed by atoms with Gasteiger partial charge in [0, 0.05) is 43.6 Å². The van der Waals surface area contributed by atoms with E-state index in [9.17, 15) is 13.2 Å². The number of nitrogens with zero attached hydrogens (tertiary/aromatic N) is 3. The van der Waals surface area contributed by atoms with Gasteiger partial charge in [-0.25, -0.2) is 23.1 Å². The first-order valence-corrected chi connectivity index (χ1v) is 7.53. The summed E-state index contributed by atoms with van der Waals surface area (Å²) in [6.07, 6.45) is 5.15. The maximum atomic E-state index is 13.7. The van der Waals surface area contributed by atoms with Gasteiger partial charge in [0.1, 0.15) is 5.82 Å². The van der Waals surface area contributed by atoms with Crippen LogP contribution in [0.1, 0.15) is 18.4 Å². The van der Waals surface area contributed by atoms with Crippen LogP contribution in [-0.2, 0) is 6.54 Å². The molecule has 0 bridgehead atoms. The molecule has 122 valence electrons. The Balaban J connectivity index is 1.64. The number of hydrogen-bond donors (Lipinski definition) is 1. The lowest BCUT2D eigenvalue weighted by Gasteiger charge is -2.33. The third kappa shape index (κ3) is 3.61. The summed E-state index contributed by atoms with van der Waals surface area (Å²) < 4.78 is 40.5. The van der Waals surface area contributed by atoms with Crippen LogP contribution in [-0.4, -0.2) is 29.1 Å². The van der Waals surface area contributed by atoms with Crippen LogP contribution in [0.3, 0.4) is 0 Å². The Bertz CT molecular complexity index is 666. The summed E-state index contributed by atoms with van der Waals surface area (Å²) in [5, 5.41) is 3.10. The van der Waals surface area contributed by atoms with Crippen LogP contribution in [0.4, 0.5) is 19.1 Å². The minimum atomic E-state index is -1.13. The van der Waals surface area contributed by atoms with Crippen molar-refractivity contribution in [2.45, 2.75) is 25.4 Å². The lowest BCUT2D eigenvalue weighted by molar-refractivity contribution is 0.404. The van der Waals surface area contributed by atoms with E-state index in [1.54, 1.807) is 18.5 Å². The van der Waals surface area contributed by atoms with Crippen molar-refractivity contribution in [3.05, 3.63) is 53.6 Å². The van der Waals surface area contributed by atoms with E-state index in [1.807, 2.05) is 4.90 Å². The molecule has 4 nitrogen and oxygen atoms in total. The highest BCUT2D eigenvalue weighted by Gasteiger charge is 2.22. The first kappa shape index (κ1) is 15.7. The van der Waals surface area contributed by atoms with E-state index in [2.05, 4.69) is 15.3 Å². The van der Waals surface area contributed by atoms with Crippen molar-refractivity contribution >= 4 is 5.95 Å². The minimum absolute atomic E-state index is 0.0367. The molecule has 2 heterocycles. The van der Waals surface area contributed by atoms with Gasteiger partial charge in [0.2, 0.25) is 5.95 Å². The number of benzene rings is 1. The first-order chi connectivity index (χ1) is 11.1. The van der Waals surface area contributed by atoms with Gasteiger partial charge in [0.15, 0.2) is 11.6 Å². The van der Waals surface area contributed by atoms with E-state index >= 15 is 0 Å². The molecule has 0 spiro atoms. The van der Waals surface area contributed by atoms with E-state index < -0.39 is 17.5 Å². The second kappa shape index (κ2) is 6.95. The molecule has 7 heteroatoms. The normalized spacial score (nSPS) is 18.2. The van der Waals surface area contributed by atoms with Crippen LogP contribution in [0.25, 0.3) is 0 Å². The van der Waals surface area contributed by atoms with Crippen LogP contribution < -0.4 is 10.2 Å². The zero-order valence-electron chi connectivity index (χ0n) is 12.5. The molecule has 1 N–H and O–H groups in total. The predicted octanol–water partition coefficient (Wildman–Crippen LogP) is 2.65. The summed E-state index contributed by atoms with van der Waals surface area (Å²) >= 11 is 0. The quantitative estimate of drug-likeness (QED) is 0.879. The molecule has 1 aromatic carbocycles. The number of halogens is 3. The predicted molar refractivity (Wildman–Crippen MR) is 80.4 cm³/mol. The topological polar surface area (TPSA) is 41.0 Å². The highest BCUT2D eigenvalue weighted by atomic mass is 19.2. The number of piperidine rings is 1. The standard InChI is InChI=1S/C16H17F3N4/c17-13-4-5-14(18)15(19)12(13)9-22-11-3-1-8-23(10-11)16-20-6-2-7-21-16/h2,4-7,11,22H,1,3,8-10H2. The lowest BCUT2D eigenvalue weighted by atomic mass is 10.1. The molecule has 3 rings (SSSR count). The molecule has 1 atom stereocenters. The van der Waals surface area contributed by atoms with Crippen molar-refractivity contribution in [3.8, 4) is 0 Å². The SMILES string of the molecule is Fc1ccc(F)c(CNC2CCCN(c3ncccn3)C2)c1F. The number of nitrogens with one attached hydrogen (secondary N) is 1. The minimum Gasteiger partial charge on any atom is -0.339 e. The average molecular weight is 322 g/mol. The van der Waals surface area contributed by atoms with Gasteiger partial charge >= 0.3 is 0 Å². The Kier molecular flexibility index (Phi) is 4.76. The van der Waals surface area contributed by atoms with E-state index in [0.29, 0.717) is 12.5 Å². The van der Waals surface area contributed by atoms with Crippen molar-refractivity contribution in [1.29, 1.82) is 0 Å². The third-order valence-corrected chi connectivity index (χ3v) is 3.96. The second-order valence-corrected chi connectivity index (χ2v) is 5.54. The van der Waals surface area contributed by atoms with Gasteiger partial charge in [-0.1, -0.05) is 0 Å². The van der Waals surface area contributed by atoms with Gasteiger partial charge in [0.25, 0.3) is 0 Å². The van der Waals surface area contributed by atoms with Gasteiger partial charge in [-0.15, -0.1) is 0 Å². The third-order valence-electron chi connectivity index (χ3n) is 3.96. The highest BCUT2D eigenvalue weighted by molar-refractivity contribution is 5.29. The Hall–Kier alpha value is -2.15. The van der Waals surface area contributed by atoms with Crippen molar-refractivity contribution in [2.24, 2.45) is 0 Å². The molecule has 23 heavy (non-hydrogen) atoms. The molecule has 1 aliphatic heterocycles. The summed E-state index contributed by atoms with van der Waals surface area (Å²) in [5.74, 6) is -2.26. The monoisotopic (exact) mass is 322 g/mol. The Morgan fingerprint density at radius 1 is 1.13 bits per heavy atom. The van der Waals surface area contributed by atoms with Gasteiger partial charge in [-0.3, -0.25) is 0 Å². The largest absolute Gasteiger partial charge is 0.339 e. The van der Waals surface area contributed by atoms with Crippen molar-refractivity contribution in [2.75, 3.05) is 18.0 Å². The first-order valence-electron chi connectivity index (χ1n) is 7.53. The summed E-state index contributed by atoms with van der Waals surface area (Å²) in [7, 11) is 0. The Labute approximate surface area is 132 Å². The molecule has 1 fully saturated rings. The molecule has 0 aliphatic carbocycles. The summed E-state index contributed by atoms with van der Waals surface area (Å²) in [6.45, 7) is 1.43. The van der Waals surface area contributed by atoms with Crippen LogP contribution in [0, 0.1) is 17.5 Å². The van der Waals surface area contributed by atoms with E-state index in [4.69, 9.17) is 0 Å². The van der Waals surface area contributed by atoms with E-state index in [-0.39, 0.29) is 18.2 Å². The van der Waals surface area contributed by atoms with Crippen molar-refractivity contribution in [3.63, 3.8) is 0 Å².